The van der Waals surface area contributed by atoms with E-state index < -0.39 is 0 Å². The van der Waals surface area contributed by atoms with E-state index in [9.17, 15) is 4.79 Å². The molecule has 0 aromatic heterocycles. The van der Waals surface area contributed by atoms with E-state index in [2.05, 4.69) is 50.4 Å². The molecule has 1 aromatic rings. The van der Waals surface area contributed by atoms with Crippen molar-refractivity contribution in [3.8, 4) is 0 Å². The van der Waals surface area contributed by atoms with Crippen LogP contribution in [0.4, 0.5) is 0 Å². The topological polar surface area (TPSA) is 29.1 Å². The van der Waals surface area contributed by atoms with E-state index in [-0.39, 0.29) is 11.9 Å². The molecule has 1 aliphatic rings. The summed E-state index contributed by atoms with van der Waals surface area (Å²) in [6.07, 6.45) is 5.75. The van der Waals surface area contributed by atoms with E-state index >= 15 is 0 Å². The van der Waals surface area contributed by atoms with Gasteiger partial charge in [0.2, 0.25) is 5.91 Å². The standard InChI is InChI=1S/C18H27NO/c1-13(2)16-8-10-17(11-9-16)14(3)19-18(20)12-15-6-4-5-7-15/h8-11,13-15H,4-7,12H2,1-3H3,(H,19,20). The number of carbonyl (C=O) groups is 1. The van der Waals surface area contributed by atoms with Crippen LogP contribution in [0.3, 0.4) is 0 Å². The van der Waals surface area contributed by atoms with Gasteiger partial charge in [-0.3, -0.25) is 4.79 Å². The Labute approximate surface area is 123 Å². The molecule has 1 unspecified atom stereocenters. The molecule has 0 saturated heterocycles. The first kappa shape index (κ1) is 15.1. The van der Waals surface area contributed by atoms with E-state index in [0.717, 1.165) is 0 Å². The van der Waals surface area contributed by atoms with Crippen molar-refractivity contribution in [1.29, 1.82) is 0 Å². The van der Waals surface area contributed by atoms with Crippen LogP contribution in [0.2, 0.25) is 0 Å². The SMILES string of the molecule is CC(C)c1ccc(C(C)NC(=O)CC2CCCC2)cc1. The number of hydrogen-bond acceptors (Lipinski definition) is 1. The van der Waals surface area contributed by atoms with Gasteiger partial charge in [0.15, 0.2) is 0 Å². The zero-order valence-electron chi connectivity index (χ0n) is 13.0. The molecule has 2 heteroatoms. The van der Waals surface area contributed by atoms with Crippen LogP contribution in [-0.4, -0.2) is 5.91 Å². The number of rotatable bonds is 5. The third kappa shape index (κ3) is 4.09. The second kappa shape index (κ2) is 6.92. The lowest BCUT2D eigenvalue weighted by atomic mass is 9.99. The number of nitrogens with one attached hydrogen (secondary N) is 1. The molecular formula is C18H27NO. The Morgan fingerprint density at radius 1 is 1.10 bits per heavy atom. The third-order valence-electron chi connectivity index (χ3n) is 4.43. The van der Waals surface area contributed by atoms with Gasteiger partial charge in [0.05, 0.1) is 6.04 Å². The van der Waals surface area contributed by atoms with Crippen molar-refractivity contribution in [3.05, 3.63) is 35.4 Å². The lowest BCUT2D eigenvalue weighted by Crippen LogP contribution is -2.27. The molecule has 2 rings (SSSR count). The van der Waals surface area contributed by atoms with Crippen LogP contribution in [0.15, 0.2) is 24.3 Å². The molecule has 20 heavy (non-hydrogen) atoms. The third-order valence-corrected chi connectivity index (χ3v) is 4.43. The summed E-state index contributed by atoms with van der Waals surface area (Å²) < 4.78 is 0. The predicted molar refractivity (Wildman–Crippen MR) is 83.7 cm³/mol. The molecule has 1 aliphatic carbocycles. The van der Waals surface area contributed by atoms with Gasteiger partial charge in [-0.05, 0) is 42.7 Å². The monoisotopic (exact) mass is 273 g/mol. The molecule has 0 aliphatic heterocycles. The Kier molecular flexibility index (Phi) is 5.22. The van der Waals surface area contributed by atoms with Crippen LogP contribution in [0.25, 0.3) is 0 Å². The summed E-state index contributed by atoms with van der Waals surface area (Å²) in [4.78, 5) is 12.0. The van der Waals surface area contributed by atoms with Crippen molar-refractivity contribution >= 4 is 5.91 Å². The second-order valence-electron chi connectivity index (χ2n) is 6.47. The molecule has 1 aromatic carbocycles. The summed E-state index contributed by atoms with van der Waals surface area (Å²) in [7, 11) is 0. The molecule has 0 radical (unpaired) electrons. The molecule has 1 fully saturated rings. The smallest absolute Gasteiger partial charge is 0.220 e. The Bertz CT molecular complexity index is 429. The van der Waals surface area contributed by atoms with E-state index in [1.807, 2.05) is 0 Å². The zero-order valence-corrected chi connectivity index (χ0v) is 13.0. The van der Waals surface area contributed by atoms with Gasteiger partial charge in [0, 0.05) is 6.42 Å². The predicted octanol–water partition coefficient (Wildman–Crippen LogP) is 4.57. The van der Waals surface area contributed by atoms with Crippen molar-refractivity contribution in [2.24, 2.45) is 5.92 Å². The lowest BCUT2D eigenvalue weighted by molar-refractivity contribution is -0.122. The lowest BCUT2D eigenvalue weighted by Gasteiger charge is -2.17. The minimum atomic E-state index is 0.102. The highest BCUT2D eigenvalue weighted by Crippen LogP contribution is 2.27. The molecular weight excluding hydrogens is 246 g/mol. The maximum atomic E-state index is 12.0. The summed E-state index contributed by atoms with van der Waals surface area (Å²) in [5, 5.41) is 3.13. The summed E-state index contributed by atoms with van der Waals surface area (Å²) in [6.45, 7) is 6.46. The number of benzene rings is 1. The van der Waals surface area contributed by atoms with Crippen LogP contribution in [0.5, 0.6) is 0 Å². The quantitative estimate of drug-likeness (QED) is 0.836. The van der Waals surface area contributed by atoms with Crippen molar-refractivity contribution < 1.29 is 4.79 Å². The highest BCUT2D eigenvalue weighted by atomic mass is 16.1. The zero-order chi connectivity index (χ0) is 14.5. The largest absolute Gasteiger partial charge is 0.350 e. The van der Waals surface area contributed by atoms with Gasteiger partial charge in [0.1, 0.15) is 0 Å². The molecule has 1 saturated carbocycles. The van der Waals surface area contributed by atoms with Crippen molar-refractivity contribution in [2.75, 3.05) is 0 Å². The Morgan fingerprint density at radius 2 is 1.65 bits per heavy atom. The average molecular weight is 273 g/mol. The van der Waals surface area contributed by atoms with Gasteiger partial charge < -0.3 is 5.32 Å². The van der Waals surface area contributed by atoms with Crippen molar-refractivity contribution in [2.45, 2.75) is 64.8 Å². The number of amides is 1. The van der Waals surface area contributed by atoms with Gasteiger partial charge in [-0.1, -0.05) is 51.0 Å². The normalized spacial score (nSPS) is 17.4. The molecule has 1 amide bonds. The van der Waals surface area contributed by atoms with Gasteiger partial charge in [0.25, 0.3) is 0 Å². The number of carbonyl (C=O) groups excluding carboxylic acids is 1. The first-order valence-corrected chi connectivity index (χ1v) is 7.95. The van der Waals surface area contributed by atoms with Gasteiger partial charge in [-0.15, -0.1) is 0 Å². The van der Waals surface area contributed by atoms with Gasteiger partial charge in [-0.2, -0.15) is 0 Å². The average Bonchev–Trinajstić information content (AvgIpc) is 2.91. The minimum Gasteiger partial charge on any atom is -0.350 e. The maximum Gasteiger partial charge on any atom is 0.220 e. The van der Waals surface area contributed by atoms with Crippen LogP contribution >= 0.6 is 0 Å². The molecule has 110 valence electrons. The van der Waals surface area contributed by atoms with Gasteiger partial charge in [-0.25, -0.2) is 0 Å². The first-order chi connectivity index (χ1) is 9.56. The fourth-order valence-electron chi connectivity index (χ4n) is 3.03. The van der Waals surface area contributed by atoms with E-state index in [1.54, 1.807) is 0 Å². The minimum absolute atomic E-state index is 0.102. The van der Waals surface area contributed by atoms with E-state index in [4.69, 9.17) is 0 Å². The Balaban J connectivity index is 1.86. The van der Waals surface area contributed by atoms with E-state index in [1.165, 1.54) is 36.8 Å². The fourth-order valence-corrected chi connectivity index (χ4v) is 3.03. The Morgan fingerprint density at radius 3 is 2.20 bits per heavy atom. The van der Waals surface area contributed by atoms with Crippen LogP contribution in [-0.2, 0) is 4.79 Å². The summed E-state index contributed by atoms with van der Waals surface area (Å²) in [5.41, 5.74) is 2.53. The first-order valence-electron chi connectivity index (χ1n) is 7.95. The molecule has 1 atom stereocenters. The highest BCUT2D eigenvalue weighted by molar-refractivity contribution is 5.76. The summed E-state index contributed by atoms with van der Waals surface area (Å²) in [6, 6.07) is 8.70. The van der Waals surface area contributed by atoms with Crippen molar-refractivity contribution in [3.63, 3.8) is 0 Å². The molecule has 0 bridgehead atoms. The molecule has 1 N–H and O–H groups in total. The van der Waals surface area contributed by atoms with Crippen LogP contribution < -0.4 is 5.32 Å². The summed E-state index contributed by atoms with van der Waals surface area (Å²) in [5.74, 6) is 1.37. The van der Waals surface area contributed by atoms with Gasteiger partial charge >= 0.3 is 0 Å². The second-order valence-corrected chi connectivity index (χ2v) is 6.47. The molecule has 2 nitrogen and oxygen atoms in total. The fraction of sp³-hybridized carbons (Fsp3) is 0.611. The highest BCUT2D eigenvalue weighted by Gasteiger charge is 2.19. The maximum absolute atomic E-state index is 12.0. The number of hydrogen-bond donors (Lipinski definition) is 1. The Hall–Kier alpha value is -1.31. The van der Waals surface area contributed by atoms with Crippen LogP contribution in [0.1, 0.15) is 76.0 Å². The van der Waals surface area contributed by atoms with Crippen LogP contribution in [0, 0.1) is 5.92 Å². The van der Waals surface area contributed by atoms with Crippen molar-refractivity contribution in [1.82, 2.24) is 5.32 Å². The van der Waals surface area contributed by atoms with E-state index in [0.29, 0.717) is 18.3 Å². The summed E-state index contributed by atoms with van der Waals surface area (Å²) >= 11 is 0. The molecule has 0 spiro atoms. The molecule has 0 heterocycles.